The molecule has 0 radical (unpaired) electrons. The zero-order valence-corrected chi connectivity index (χ0v) is 13.3. The summed E-state index contributed by atoms with van der Waals surface area (Å²) in [4.78, 5) is 0. The van der Waals surface area contributed by atoms with Crippen LogP contribution >= 0.6 is 0 Å². The standard InChI is InChI=1S/C12H24N4O3S/c1-10(2)13-7-11(3)20(17,18)15-12-8-14-16(9-12)5-6-19-4/h8-11,13,15H,5-7H2,1-4H3. The Hall–Kier alpha value is -1.12. The third kappa shape index (κ3) is 5.48. The fraction of sp³-hybridized carbons (Fsp3) is 0.750. The zero-order chi connectivity index (χ0) is 15.2. The second kappa shape index (κ2) is 7.61. The summed E-state index contributed by atoms with van der Waals surface area (Å²) in [6, 6.07) is 0.254. The van der Waals surface area contributed by atoms with E-state index >= 15 is 0 Å². The third-order valence-corrected chi connectivity index (χ3v) is 4.51. The Morgan fingerprint density at radius 3 is 2.70 bits per heavy atom. The van der Waals surface area contributed by atoms with Gasteiger partial charge in [-0.05, 0) is 6.92 Å². The molecule has 0 fully saturated rings. The van der Waals surface area contributed by atoms with Gasteiger partial charge in [-0.1, -0.05) is 13.8 Å². The Morgan fingerprint density at radius 1 is 1.40 bits per heavy atom. The molecular formula is C12H24N4O3S. The van der Waals surface area contributed by atoms with E-state index in [0.29, 0.717) is 25.4 Å². The highest BCUT2D eigenvalue weighted by Crippen LogP contribution is 2.10. The van der Waals surface area contributed by atoms with Crippen LogP contribution in [-0.4, -0.2) is 49.8 Å². The second-order valence-corrected chi connectivity index (χ2v) is 7.10. The van der Waals surface area contributed by atoms with Crippen LogP contribution in [0.5, 0.6) is 0 Å². The normalized spacial score (nSPS) is 13.7. The predicted molar refractivity (Wildman–Crippen MR) is 79.2 cm³/mol. The van der Waals surface area contributed by atoms with Crippen molar-refractivity contribution in [2.45, 2.75) is 38.6 Å². The summed E-state index contributed by atoms with van der Waals surface area (Å²) >= 11 is 0. The van der Waals surface area contributed by atoms with Crippen molar-refractivity contribution < 1.29 is 13.2 Å². The first-order valence-corrected chi connectivity index (χ1v) is 8.16. The summed E-state index contributed by atoms with van der Waals surface area (Å²) in [6.07, 6.45) is 3.15. The molecule has 1 atom stereocenters. The molecule has 0 bridgehead atoms. The van der Waals surface area contributed by atoms with Crippen LogP contribution in [0, 0.1) is 0 Å². The fourth-order valence-corrected chi connectivity index (χ4v) is 2.45. The number of rotatable bonds is 9. The summed E-state index contributed by atoms with van der Waals surface area (Å²) < 4.78 is 33.4. The van der Waals surface area contributed by atoms with Gasteiger partial charge in [0.15, 0.2) is 0 Å². The van der Waals surface area contributed by atoms with Crippen LogP contribution in [0.2, 0.25) is 0 Å². The molecule has 8 heteroatoms. The van der Waals surface area contributed by atoms with Crippen LogP contribution in [0.3, 0.4) is 0 Å². The highest BCUT2D eigenvalue weighted by Gasteiger charge is 2.21. The lowest BCUT2D eigenvalue weighted by Gasteiger charge is -2.16. The maximum atomic E-state index is 12.1. The molecule has 1 heterocycles. The molecular weight excluding hydrogens is 280 g/mol. The van der Waals surface area contributed by atoms with E-state index in [1.165, 1.54) is 6.20 Å². The van der Waals surface area contributed by atoms with Gasteiger partial charge >= 0.3 is 0 Å². The van der Waals surface area contributed by atoms with Gasteiger partial charge in [-0.15, -0.1) is 0 Å². The first-order valence-electron chi connectivity index (χ1n) is 6.61. The van der Waals surface area contributed by atoms with Gasteiger partial charge in [0.1, 0.15) is 0 Å². The summed E-state index contributed by atoms with van der Waals surface area (Å²) in [6.45, 7) is 7.16. The quantitative estimate of drug-likeness (QED) is 0.700. The average molecular weight is 304 g/mol. The molecule has 20 heavy (non-hydrogen) atoms. The molecule has 7 nitrogen and oxygen atoms in total. The molecule has 2 N–H and O–H groups in total. The molecule has 0 saturated heterocycles. The number of hydrogen-bond donors (Lipinski definition) is 2. The molecule has 0 amide bonds. The molecule has 0 aliphatic heterocycles. The Kier molecular flexibility index (Phi) is 6.44. The van der Waals surface area contributed by atoms with Crippen molar-refractivity contribution in [1.82, 2.24) is 15.1 Å². The minimum Gasteiger partial charge on any atom is -0.383 e. The lowest BCUT2D eigenvalue weighted by Crippen LogP contribution is -2.37. The highest BCUT2D eigenvalue weighted by atomic mass is 32.2. The van der Waals surface area contributed by atoms with Gasteiger partial charge in [-0.3, -0.25) is 9.40 Å². The Bertz CT molecular complexity index is 499. The first-order chi connectivity index (χ1) is 9.35. The lowest BCUT2D eigenvalue weighted by molar-refractivity contribution is 0.183. The van der Waals surface area contributed by atoms with Gasteiger partial charge in [0.25, 0.3) is 0 Å². The van der Waals surface area contributed by atoms with E-state index in [9.17, 15) is 8.42 Å². The highest BCUT2D eigenvalue weighted by molar-refractivity contribution is 7.93. The number of nitrogens with one attached hydrogen (secondary N) is 2. The smallest absolute Gasteiger partial charge is 0.236 e. The number of methoxy groups -OCH3 is 1. The number of hydrogen-bond acceptors (Lipinski definition) is 5. The van der Waals surface area contributed by atoms with E-state index in [4.69, 9.17) is 4.74 Å². The van der Waals surface area contributed by atoms with Crippen LogP contribution in [0.25, 0.3) is 0 Å². The minimum absolute atomic E-state index is 0.254. The van der Waals surface area contributed by atoms with Crippen molar-refractivity contribution in [2.75, 3.05) is 25.0 Å². The van der Waals surface area contributed by atoms with Crippen molar-refractivity contribution >= 4 is 15.7 Å². The van der Waals surface area contributed by atoms with Gasteiger partial charge in [0.05, 0.1) is 30.3 Å². The van der Waals surface area contributed by atoms with E-state index in [2.05, 4.69) is 15.1 Å². The van der Waals surface area contributed by atoms with Crippen LogP contribution < -0.4 is 10.0 Å². The molecule has 0 spiro atoms. The lowest BCUT2D eigenvalue weighted by atomic mass is 10.3. The van der Waals surface area contributed by atoms with Crippen LogP contribution in [0.1, 0.15) is 20.8 Å². The first kappa shape index (κ1) is 16.9. The summed E-state index contributed by atoms with van der Waals surface area (Å²) in [5.41, 5.74) is 0.470. The SMILES string of the molecule is COCCn1cc(NS(=O)(=O)C(C)CNC(C)C)cn1. The van der Waals surface area contributed by atoms with Gasteiger partial charge in [-0.2, -0.15) is 5.10 Å². The molecule has 1 rings (SSSR count). The van der Waals surface area contributed by atoms with Crippen molar-refractivity contribution in [3.8, 4) is 0 Å². The fourth-order valence-electron chi connectivity index (χ4n) is 1.50. The zero-order valence-electron chi connectivity index (χ0n) is 12.5. The Labute approximate surface area is 120 Å². The monoisotopic (exact) mass is 304 g/mol. The number of ether oxygens (including phenoxy) is 1. The molecule has 0 aromatic carbocycles. The molecule has 0 aliphatic rings. The van der Waals surface area contributed by atoms with E-state index in [1.54, 1.807) is 24.9 Å². The van der Waals surface area contributed by atoms with Crippen LogP contribution in [0.15, 0.2) is 12.4 Å². The maximum absolute atomic E-state index is 12.1. The van der Waals surface area contributed by atoms with E-state index in [0.717, 1.165) is 0 Å². The summed E-state index contributed by atoms with van der Waals surface area (Å²) in [5.74, 6) is 0. The molecule has 0 aliphatic carbocycles. The third-order valence-electron chi connectivity index (χ3n) is 2.76. The van der Waals surface area contributed by atoms with E-state index in [-0.39, 0.29) is 6.04 Å². The van der Waals surface area contributed by atoms with Crippen LogP contribution in [-0.2, 0) is 21.3 Å². The molecule has 1 unspecified atom stereocenters. The Morgan fingerprint density at radius 2 is 2.10 bits per heavy atom. The van der Waals surface area contributed by atoms with Gasteiger partial charge in [-0.25, -0.2) is 8.42 Å². The van der Waals surface area contributed by atoms with Crippen LogP contribution in [0.4, 0.5) is 5.69 Å². The van der Waals surface area contributed by atoms with E-state index < -0.39 is 15.3 Å². The topological polar surface area (TPSA) is 85.2 Å². The average Bonchev–Trinajstić information content (AvgIpc) is 2.80. The largest absolute Gasteiger partial charge is 0.383 e. The number of nitrogens with zero attached hydrogens (tertiary/aromatic N) is 2. The summed E-state index contributed by atoms with van der Waals surface area (Å²) in [5, 5.41) is 6.66. The molecule has 1 aromatic rings. The Balaban J connectivity index is 2.59. The molecule has 116 valence electrons. The minimum atomic E-state index is -3.41. The van der Waals surface area contributed by atoms with Crippen molar-refractivity contribution in [1.29, 1.82) is 0 Å². The van der Waals surface area contributed by atoms with Gasteiger partial charge < -0.3 is 10.1 Å². The number of anilines is 1. The number of aromatic nitrogens is 2. The van der Waals surface area contributed by atoms with Gasteiger partial charge in [0, 0.05) is 25.9 Å². The predicted octanol–water partition coefficient (Wildman–Crippen LogP) is 0.658. The van der Waals surface area contributed by atoms with Crippen molar-refractivity contribution in [3.05, 3.63) is 12.4 Å². The second-order valence-electron chi connectivity index (χ2n) is 5.01. The van der Waals surface area contributed by atoms with Crippen molar-refractivity contribution in [2.24, 2.45) is 0 Å². The summed E-state index contributed by atoms with van der Waals surface area (Å²) in [7, 11) is -1.81. The van der Waals surface area contributed by atoms with Crippen molar-refractivity contribution in [3.63, 3.8) is 0 Å². The molecule has 1 aromatic heterocycles. The van der Waals surface area contributed by atoms with E-state index in [1.807, 2.05) is 13.8 Å². The molecule has 0 saturated carbocycles. The van der Waals surface area contributed by atoms with Gasteiger partial charge in [0.2, 0.25) is 10.0 Å². The maximum Gasteiger partial charge on any atom is 0.236 e. The number of sulfonamides is 1.